The Labute approximate surface area is 58.2 Å². The summed E-state index contributed by atoms with van der Waals surface area (Å²) < 4.78 is 12.1. The quantitative estimate of drug-likeness (QED) is 0.535. The Hall–Kier alpha value is -0.540. The zero-order chi connectivity index (χ0) is 5.98. The lowest BCUT2D eigenvalue weighted by Gasteiger charge is -1.86. The molecule has 0 fully saturated rings. The van der Waals surface area contributed by atoms with Crippen LogP contribution in [-0.4, -0.2) is 5.48 Å². The van der Waals surface area contributed by atoms with E-state index >= 15 is 0 Å². The first kappa shape index (κ1) is 8.46. The standard InChI is InChI=1S/C6H5FS.H2O/c7-5-1-3-6(8)4-2-5;/h1-4,8H;1H2. The summed E-state index contributed by atoms with van der Waals surface area (Å²) in [4.78, 5) is 0.784. The Morgan fingerprint density at radius 2 is 1.56 bits per heavy atom. The number of hydrogen-bond donors (Lipinski definition) is 1. The van der Waals surface area contributed by atoms with Crippen LogP contribution in [0.4, 0.5) is 4.39 Å². The van der Waals surface area contributed by atoms with Crippen molar-refractivity contribution in [1.29, 1.82) is 0 Å². The van der Waals surface area contributed by atoms with Crippen LogP contribution < -0.4 is 0 Å². The average Bonchev–Trinajstić information content (AvgIpc) is 1.77. The van der Waals surface area contributed by atoms with Gasteiger partial charge in [0.2, 0.25) is 0 Å². The lowest BCUT2D eigenvalue weighted by atomic mass is 10.4. The minimum atomic E-state index is -0.220. The van der Waals surface area contributed by atoms with E-state index < -0.39 is 0 Å². The highest BCUT2D eigenvalue weighted by Gasteiger charge is 1.84. The van der Waals surface area contributed by atoms with Gasteiger partial charge in [0.25, 0.3) is 0 Å². The van der Waals surface area contributed by atoms with Crippen molar-refractivity contribution >= 4 is 12.6 Å². The first-order chi connectivity index (χ1) is 3.79. The highest BCUT2D eigenvalue weighted by atomic mass is 32.1. The third-order valence-electron chi connectivity index (χ3n) is 0.827. The smallest absolute Gasteiger partial charge is 0.123 e. The van der Waals surface area contributed by atoms with Crippen molar-refractivity contribution in [3.8, 4) is 0 Å². The topological polar surface area (TPSA) is 31.5 Å². The van der Waals surface area contributed by atoms with Gasteiger partial charge in [-0.15, -0.1) is 12.6 Å². The molecule has 0 amide bonds. The molecule has 1 aromatic rings. The maximum atomic E-state index is 12.1. The molecule has 0 saturated heterocycles. The lowest BCUT2D eigenvalue weighted by molar-refractivity contribution is 0.626. The summed E-state index contributed by atoms with van der Waals surface area (Å²) in [6, 6.07) is 5.97. The molecule has 0 aliphatic rings. The molecular formula is C6H7FOS. The summed E-state index contributed by atoms with van der Waals surface area (Å²) in [5.74, 6) is -0.220. The summed E-state index contributed by atoms with van der Waals surface area (Å²) >= 11 is 3.97. The fraction of sp³-hybridized carbons (Fsp3) is 0. The lowest BCUT2D eigenvalue weighted by Crippen LogP contribution is -1.68. The van der Waals surface area contributed by atoms with Gasteiger partial charge in [0.15, 0.2) is 0 Å². The van der Waals surface area contributed by atoms with Crippen molar-refractivity contribution in [2.24, 2.45) is 0 Å². The fourth-order valence-corrected chi connectivity index (χ4v) is 0.590. The summed E-state index contributed by atoms with van der Waals surface area (Å²) in [6.45, 7) is 0. The highest BCUT2D eigenvalue weighted by Crippen LogP contribution is 2.04. The van der Waals surface area contributed by atoms with Crippen molar-refractivity contribution in [1.82, 2.24) is 0 Å². The van der Waals surface area contributed by atoms with Gasteiger partial charge >= 0.3 is 0 Å². The molecule has 2 N–H and O–H groups in total. The van der Waals surface area contributed by atoms with Crippen LogP contribution in [0.2, 0.25) is 0 Å². The van der Waals surface area contributed by atoms with Crippen LogP contribution >= 0.6 is 12.6 Å². The molecule has 1 aromatic carbocycles. The van der Waals surface area contributed by atoms with Crippen LogP contribution in [0, 0.1) is 5.82 Å². The zero-order valence-electron chi connectivity index (χ0n) is 4.63. The van der Waals surface area contributed by atoms with Gasteiger partial charge in [0.05, 0.1) is 0 Å². The molecule has 50 valence electrons. The second kappa shape index (κ2) is 3.48. The van der Waals surface area contributed by atoms with E-state index in [2.05, 4.69) is 12.6 Å². The molecule has 1 rings (SSSR count). The monoisotopic (exact) mass is 146 g/mol. The first-order valence-electron chi connectivity index (χ1n) is 2.23. The second-order valence-corrected chi connectivity index (χ2v) is 1.99. The van der Waals surface area contributed by atoms with E-state index in [0.717, 1.165) is 4.90 Å². The van der Waals surface area contributed by atoms with E-state index in [9.17, 15) is 4.39 Å². The van der Waals surface area contributed by atoms with Gasteiger partial charge in [0, 0.05) is 4.90 Å². The van der Waals surface area contributed by atoms with Crippen LogP contribution in [0.25, 0.3) is 0 Å². The van der Waals surface area contributed by atoms with Gasteiger partial charge in [0.1, 0.15) is 5.82 Å². The largest absolute Gasteiger partial charge is 0.412 e. The third kappa shape index (κ3) is 2.49. The Morgan fingerprint density at radius 1 is 1.11 bits per heavy atom. The Balaban J connectivity index is 0.000000640. The minimum Gasteiger partial charge on any atom is -0.412 e. The molecule has 0 aliphatic carbocycles. The minimum absolute atomic E-state index is 0. The Kier molecular flexibility index (Phi) is 3.27. The predicted octanol–water partition coefficient (Wildman–Crippen LogP) is 1.29. The van der Waals surface area contributed by atoms with E-state index in [0.29, 0.717) is 0 Å². The normalized spacial score (nSPS) is 8.22. The van der Waals surface area contributed by atoms with E-state index in [1.807, 2.05) is 0 Å². The van der Waals surface area contributed by atoms with Gasteiger partial charge < -0.3 is 5.48 Å². The molecule has 0 bridgehead atoms. The third-order valence-corrected chi connectivity index (χ3v) is 1.12. The predicted molar refractivity (Wildman–Crippen MR) is 37.3 cm³/mol. The van der Waals surface area contributed by atoms with E-state index in [-0.39, 0.29) is 11.3 Å². The maximum absolute atomic E-state index is 12.1. The van der Waals surface area contributed by atoms with Crippen molar-refractivity contribution in [3.05, 3.63) is 30.1 Å². The molecular weight excluding hydrogens is 139 g/mol. The molecule has 0 aromatic heterocycles. The average molecular weight is 146 g/mol. The molecule has 0 atom stereocenters. The molecule has 9 heavy (non-hydrogen) atoms. The van der Waals surface area contributed by atoms with Crippen molar-refractivity contribution in [2.75, 3.05) is 0 Å². The zero-order valence-corrected chi connectivity index (χ0v) is 5.53. The van der Waals surface area contributed by atoms with Gasteiger partial charge in [-0.1, -0.05) is 0 Å². The van der Waals surface area contributed by atoms with Gasteiger partial charge in [-0.2, -0.15) is 0 Å². The van der Waals surface area contributed by atoms with Crippen molar-refractivity contribution < 1.29 is 9.87 Å². The summed E-state index contributed by atoms with van der Waals surface area (Å²) in [6.07, 6.45) is 0. The fourth-order valence-electron chi connectivity index (χ4n) is 0.441. The molecule has 0 saturated carbocycles. The summed E-state index contributed by atoms with van der Waals surface area (Å²) in [5, 5.41) is 0. The molecule has 0 aliphatic heterocycles. The van der Waals surface area contributed by atoms with Gasteiger partial charge in [-0.3, -0.25) is 0 Å². The molecule has 3 heteroatoms. The molecule has 1 nitrogen and oxygen atoms in total. The van der Waals surface area contributed by atoms with Gasteiger partial charge in [-0.25, -0.2) is 4.39 Å². The van der Waals surface area contributed by atoms with E-state index in [1.165, 1.54) is 12.1 Å². The van der Waals surface area contributed by atoms with Crippen LogP contribution in [0.1, 0.15) is 0 Å². The van der Waals surface area contributed by atoms with Crippen LogP contribution in [0.5, 0.6) is 0 Å². The SMILES string of the molecule is Fc1ccc(S)cc1.O. The maximum Gasteiger partial charge on any atom is 0.123 e. The molecule has 0 heterocycles. The number of benzene rings is 1. The second-order valence-electron chi connectivity index (χ2n) is 1.48. The number of thiol groups is 1. The van der Waals surface area contributed by atoms with Crippen molar-refractivity contribution in [3.63, 3.8) is 0 Å². The Bertz CT molecular complexity index is 152. The van der Waals surface area contributed by atoms with E-state index in [4.69, 9.17) is 0 Å². The van der Waals surface area contributed by atoms with Crippen LogP contribution in [0.3, 0.4) is 0 Å². The van der Waals surface area contributed by atoms with Crippen molar-refractivity contribution in [2.45, 2.75) is 4.90 Å². The number of hydrogen-bond acceptors (Lipinski definition) is 1. The number of halogens is 1. The summed E-state index contributed by atoms with van der Waals surface area (Å²) in [5.41, 5.74) is 0. The molecule has 0 radical (unpaired) electrons. The Morgan fingerprint density at radius 3 is 1.89 bits per heavy atom. The van der Waals surface area contributed by atoms with Crippen LogP contribution in [-0.2, 0) is 0 Å². The number of rotatable bonds is 0. The molecule has 0 unspecified atom stereocenters. The van der Waals surface area contributed by atoms with Crippen LogP contribution in [0.15, 0.2) is 29.2 Å². The summed E-state index contributed by atoms with van der Waals surface area (Å²) in [7, 11) is 0. The highest BCUT2D eigenvalue weighted by molar-refractivity contribution is 7.80. The molecule has 0 spiro atoms. The van der Waals surface area contributed by atoms with E-state index in [1.54, 1.807) is 12.1 Å². The van der Waals surface area contributed by atoms with Gasteiger partial charge in [-0.05, 0) is 24.3 Å². The first-order valence-corrected chi connectivity index (χ1v) is 2.68.